The van der Waals surface area contributed by atoms with Crippen LogP contribution < -0.4 is 5.32 Å². The van der Waals surface area contributed by atoms with Gasteiger partial charge in [-0.2, -0.15) is 0 Å². The number of nitrogens with one attached hydrogen (secondary N) is 1. The molecule has 2 nitrogen and oxygen atoms in total. The van der Waals surface area contributed by atoms with Crippen LogP contribution in [0, 0.1) is 19.9 Å². The molecule has 0 unspecified atom stereocenters. The first kappa shape index (κ1) is 18.9. The minimum Gasteiger partial charge on any atom is -0.323 e. The summed E-state index contributed by atoms with van der Waals surface area (Å²) in [5.41, 5.74) is 2.58. The molecule has 1 N–H and O–H groups in total. The fourth-order valence-electron chi connectivity index (χ4n) is 1.96. The molecular formula is C16H11BrCl4NO. The van der Waals surface area contributed by atoms with Crippen LogP contribution in [0.3, 0.4) is 0 Å². The second kappa shape index (κ2) is 7.62. The maximum absolute atomic E-state index is 12.3. The van der Waals surface area contributed by atoms with E-state index in [1.165, 1.54) is 0 Å². The quantitative estimate of drug-likeness (QED) is 0.551. The second-order valence-electron chi connectivity index (χ2n) is 4.95. The fraction of sp³-hybridized carbons (Fsp3) is 0.188. The van der Waals surface area contributed by atoms with Gasteiger partial charge in [-0.3, -0.25) is 4.79 Å². The number of hydrogen-bond donors (Lipinski definition) is 1. The lowest BCUT2D eigenvalue weighted by molar-refractivity contribution is -0.115. The number of anilines is 1. The van der Waals surface area contributed by atoms with E-state index in [9.17, 15) is 4.79 Å². The zero-order chi connectivity index (χ0) is 17.3. The van der Waals surface area contributed by atoms with Gasteiger partial charge in [0.2, 0.25) is 5.91 Å². The number of hydrogen-bond acceptors (Lipinski definition) is 1. The second-order valence-corrected chi connectivity index (χ2v) is 7.28. The lowest BCUT2D eigenvalue weighted by Gasteiger charge is -2.13. The van der Waals surface area contributed by atoms with Gasteiger partial charge in [0.05, 0.1) is 32.2 Å². The summed E-state index contributed by atoms with van der Waals surface area (Å²) in [5, 5.41) is 4.22. The molecule has 0 saturated heterocycles. The van der Waals surface area contributed by atoms with Crippen molar-refractivity contribution in [3.05, 3.63) is 59.5 Å². The van der Waals surface area contributed by atoms with Gasteiger partial charge >= 0.3 is 0 Å². The van der Waals surface area contributed by atoms with Crippen molar-refractivity contribution < 1.29 is 4.79 Å². The minimum absolute atomic E-state index is 0.0362. The molecule has 2 aromatic carbocycles. The Hall–Kier alpha value is -0.450. The van der Waals surface area contributed by atoms with E-state index in [1.807, 2.05) is 13.8 Å². The third kappa shape index (κ3) is 4.15. The molecule has 0 saturated carbocycles. The number of benzene rings is 2. The van der Waals surface area contributed by atoms with Gasteiger partial charge in [0.1, 0.15) is 0 Å². The van der Waals surface area contributed by atoms with Gasteiger partial charge in [0.15, 0.2) is 0 Å². The lowest BCUT2D eigenvalue weighted by atomic mass is 10.1. The standard InChI is InChI=1S/C16H11BrCl4NO/c1-7-3-4-10(18)16(15(7)21)22-13(23)5-9-12(20)6-11(19)8(2)14(9)17/h3-4H,5H2,1-2H3,(H,22,23). The molecule has 0 spiro atoms. The Morgan fingerprint density at radius 1 is 1.17 bits per heavy atom. The van der Waals surface area contributed by atoms with Crippen molar-refractivity contribution in [3.8, 4) is 0 Å². The summed E-state index contributed by atoms with van der Waals surface area (Å²) < 4.78 is 0.683. The summed E-state index contributed by atoms with van der Waals surface area (Å²) >= 11 is 27.9. The number of aryl methyl sites for hydroxylation is 1. The van der Waals surface area contributed by atoms with Gasteiger partial charge in [-0.15, -0.1) is 0 Å². The molecule has 7 heteroatoms. The Labute approximate surface area is 163 Å². The van der Waals surface area contributed by atoms with Crippen LogP contribution in [-0.2, 0) is 11.2 Å². The molecule has 121 valence electrons. The molecule has 23 heavy (non-hydrogen) atoms. The number of rotatable bonds is 3. The highest BCUT2D eigenvalue weighted by molar-refractivity contribution is 9.10. The molecule has 1 radical (unpaired) electrons. The Morgan fingerprint density at radius 2 is 1.83 bits per heavy atom. The summed E-state index contributed by atoms with van der Waals surface area (Å²) in [4.78, 5) is 12.3. The molecule has 1 amide bonds. The van der Waals surface area contributed by atoms with Gasteiger partial charge in [0.25, 0.3) is 0 Å². The third-order valence-electron chi connectivity index (χ3n) is 3.29. The zero-order valence-corrected chi connectivity index (χ0v) is 16.8. The van der Waals surface area contributed by atoms with Gasteiger partial charge in [-0.05, 0) is 36.6 Å². The van der Waals surface area contributed by atoms with Crippen molar-refractivity contribution in [3.63, 3.8) is 0 Å². The van der Waals surface area contributed by atoms with E-state index in [1.54, 1.807) is 12.1 Å². The average molecular weight is 455 g/mol. The van der Waals surface area contributed by atoms with Crippen molar-refractivity contribution in [2.75, 3.05) is 5.32 Å². The van der Waals surface area contributed by atoms with Crippen molar-refractivity contribution in [1.82, 2.24) is 0 Å². The van der Waals surface area contributed by atoms with Crippen LogP contribution in [0.1, 0.15) is 16.7 Å². The predicted molar refractivity (Wildman–Crippen MR) is 101 cm³/mol. The van der Waals surface area contributed by atoms with Crippen molar-refractivity contribution in [2.45, 2.75) is 20.3 Å². The van der Waals surface area contributed by atoms with Gasteiger partial charge in [-0.25, -0.2) is 0 Å². The van der Waals surface area contributed by atoms with Crippen LogP contribution in [0.15, 0.2) is 16.6 Å². The van der Waals surface area contributed by atoms with Crippen LogP contribution in [0.25, 0.3) is 0 Å². The molecule has 0 heterocycles. The van der Waals surface area contributed by atoms with Gasteiger partial charge < -0.3 is 5.32 Å². The van der Waals surface area contributed by atoms with E-state index in [0.717, 1.165) is 11.1 Å². The first-order valence-corrected chi connectivity index (χ1v) is 8.82. The Balaban J connectivity index is 2.28. The summed E-state index contributed by atoms with van der Waals surface area (Å²) in [6, 6.07) is 6.28. The van der Waals surface area contributed by atoms with Crippen molar-refractivity contribution in [2.24, 2.45) is 0 Å². The van der Waals surface area contributed by atoms with Crippen LogP contribution in [-0.4, -0.2) is 5.91 Å². The highest BCUT2D eigenvalue weighted by Crippen LogP contribution is 2.35. The maximum Gasteiger partial charge on any atom is 0.228 e. The Kier molecular flexibility index (Phi) is 6.26. The maximum atomic E-state index is 12.3. The molecule has 2 aromatic rings. The molecule has 0 aliphatic heterocycles. The van der Waals surface area contributed by atoms with Gasteiger partial charge in [0, 0.05) is 10.5 Å². The summed E-state index contributed by atoms with van der Waals surface area (Å²) in [6.45, 7) is 3.65. The molecule has 0 atom stereocenters. The van der Waals surface area contributed by atoms with E-state index in [2.05, 4.69) is 27.3 Å². The molecule has 0 aliphatic carbocycles. The number of amides is 1. The van der Waals surface area contributed by atoms with Crippen molar-refractivity contribution in [1.29, 1.82) is 0 Å². The smallest absolute Gasteiger partial charge is 0.228 e. The monoisotopic (exact) mass is 452 g/mol. The number of carbonyl (C=O) groups is 1. The highest BCUT2D eigenvalue weighted by Gasteiger charge is 2.17. The Morgan fingerprint density at radius 3 is 2.48 bits per heavy atom. The first-order valence-electron chi connectivity index (χ1n) is 6.52. The van der Waals surface area contributed by atoms with E-state index >= 15 is 0 Å². The summed E-state index contributed by atoms with van der Waals surface area (Å²) in [7, 11) is 0. The van der Waals surface area contributed by atoms with E-state index in [-0.39, 0.29) is 12.3 Å². The van der Waals surface area contributed by atoms with Crippen molar-refractivity contribution >= 4 is 73.9 Å². The fourth-order valence-corrected chi connectivity index (χ4v) is 3.68. The van der Waals surface area contributed by atoms with Crippen LogP contribution in [0.4, 0.5) is 5.69 Å². The van der Waals surface area contributed by atoms with E-state index in [0.29, 0.717) is 35.8 Å². The van der Waals surface area contributed by atoms with Crippen LogP contribution >= 0.6 is 62.3 Å². The zero-order valence-electron chi connectivity index (χ0n) is 12.2. The normalized spacial score (nSPS) is 10.7. The largest absolute Gasteiger partial charge is 0.323 e. The predicted octanol–water partition coefficient (Wildman–Crippen LogP) is 6.66. The minimum atomic E-state index is -0.294. The average Bonchev–Trinajstić information content (AvgIpc) is 2.50. The van der Waals surface area contributed by atoms with E-state index in [4.69, 9.17) is 46.4 Å². The number of carbonyl (C=O) groups excluding carboxylic acids is 1. The van der Waals surface area contributed by atoms with E-state index < -0.39 is 0 Å². The SMILES string of the molecule is Cc1ccc(Cl)c(NC(=O)Cc2c(Cl)[c]c(Cl)c(C)c2Br)c1Cl. The topological polar surface area (TPSA) is 29.1 Å². The first-order chi connectivity index (χ1) is 10.7. The molecule has 0 aliphatic rings. The Bertz CT molecular complexity index is 792. The molecule has 0 fully saturated rings. The summed E-state index contributed by atoms with van der Waals surface area (Å²) in [6.07, 6.45) is 0.0362. The molecule has 2 rings (SSSR count). The third-order valence-corrected chi connectivity index (χ3v) is 5.87. The number of halogens is 5. The molecule has 0 bridgehead atoms. The van der Waals surface area contributed by atoms with Crippen LogP contribution in [0.5, 0.6) is 0 Å². The van der Waals surface area contributed by atoms with Gasteiger partial charge in [-0.1, -0.05) is 68.4 Å². The van der Waals surface area contributed by atoms with Crippen LogP contribution in [0.2, 0.25) is 20.1 Å². The lowest BCUT2D eigenvalue weighted by Crippen LogP contribution is -2.16. The highest BCUT2D eigenvalue weighted by atomic mass is 79.9. The molecule has 0 aromatic heterocycles. The molecular weight excluding hydrogens is 444 g/mol. The summed E-state index contributed by atoms with van der Waals surface area (Å²) in [5.74, 6) is -0.294.